The van der Waals surface area contributed by atoms with Crippen LogP contribution in [0.15, 0.2) is 18.2 Å². The molecule has 1 saturated heterocycles. The summed E-state index contributed by atoms with van der Waals surface area (Å²) in [5.41, 5.74) is 0.135. The van der Waals surface area contributed by atoms with Crippen LogP contribution in [0, 0.1) is 16.0 Å². The Bertz CT molecular complexity index is 682. The number of carbonyl (C=O) groups excluding carboxylic acids is 2. The number of non-ortho nitro benzene ring substituents is 1. The predicted molar refractivity (Wildman–Crippen MR) is 85.9 cm³/mol. The zero-order valence-electron chi connectivity index (χ0n) is 13.4. The highest BCUT2D eigenvalue weighted by Crippen LogP contribution is 2.35. The van der Waals surface area contributed by atoms with Crippen molar-refractivity contribution in [1.29, 1.82) is 0 Å². The molecule has 3 rings (SSSR count). The number of benzene rings is 1. The zero-order valence-corrected chi connectivity index (χ0v) is 13.4. The Morgan fingerprint density at radius 1 is 1.38 bits per heavy atom. The van der Waals surface area contributed by atoms with E-state index in [2.05, 4.69) is 6.92 Å². The monoisotopic (exact) mass is 333 g/mol. The molecule has 0 atom stereocenters. The van der Waals surface area contributed by atoms with Crippen molar-refractivity contribution < 1.29 is 19.2 Å². The molecule has 2 aliphatic heterocycles. The van der Waals surface area contributed by atoms with Gasteiger partial charge in [-0.2, -0.15) is 0 Å². The summed E-state index contributed by atoms with van der Waals surface area (Å²) in [6, 6.07) is 4.05. The lowest BCUT2D eigenvalue weighted by Gasteiger charge is -2.34. The van der Waals surface area contributed by atoms with Crippen LogP contribution in [0.1, 0.15) is 19.8 Å². The molecule has 0 spiro atoms. The van der Waals surface area contributed by atoms with E-state index in [0.29, 0.717) is 24.8 Å². The number of rotatable bonds is 3. The SMILES string of the molecule is CC1CCN(C(=O)CN2C(=O)COc3ccc([N+](=O)[O-])cc32)CC1. The van der Waals surface area contributed by atoms with Crippen molar-refractivity contribution in [2.24, 2.45) is 5.92 Å². The standard InChI is InChI=1S/C16H19N3O5/c1-11-4-6-17(7-5-11)15(20)9-18-13-8-12(19(22)23)2-3-14(13)24-10-16(18)21/h2-3,8,11H,4-7,9-10H2,1H3. The van der Waals surface area contributed by atoms with Crippen LogP contribution < -0.4 is 9.64 Å². The second kappa shape index (κ2) is 6.46. The minimum atomic E-state index is -0.536. The first-order valence-corrected chi connectivity index (χ1v) is 7.95. The van der Waals surface area contributed by atoms with Crippen molar-refractivity contribution in [3.63, 3.8) is 0 Å². The Labute approximate surface area is 139 Å². The lowest BCUT2D eigenvalue weighted by atomic mass is 9.99. The largest absolute Gasteiger partial charge is 0.482 e. The molecule has 1 aromatic carbocycles. The molecule has 2 aliphatic rings. The Balaban J connectivity index is 1.80. The summed E-state index contributed by atoms with van der Waals surface area (Å²) in [4.78, 5) is 38.1. The second-order valence-electron chi connectivity index (χ2n) is 6.24. The maximum Gasteiger partial charge on any atom is 0.271 e. The summed E-state index contributed by atoms with van der Waals surface area (Å²) >= 11 is 0. The average Bonchev–Trinajstić information content (AvgIpc) is 2.57. The predicted octanol–water partition coefficient (Wildman–Crippen LogP) is 1.58. The molecule has 0 saturated carbocycles. The molecule has 0 bridgehead atoms. The van der Waals surface area contributed by atoms with E-state index in [-0.39, 0.29) is 36.3 Å². The van der Waals surface area contributed by atoms with Crippen molar-refractivity contribution in [2.45, 2.75) is 19.8 Å². The van der Waals surface area contributed by atoms with Gasteiger partial charge in [0.15, 0.2) is 6.61 Å². The maximum atomic E-state index is 12.5. The summed E-state index contributed by atoms with van der Waals surface area (Å²) in [7, 11) is 0. The van der Waals surface area contributed by atoms with Crippen molar-refractivity contribution in [3.05, 3.63) is 28.3 Å². The van der Waals surface area contributed by atoms with Gasteiger partial charge >= 0.3 is 0 Å². The van der Waals surface area contributed by atoms with Gasteiger partial charge in [0.05, 0.1) is 10.6 Å². The molecule has 0 unspecified atom stereocenters. The summed E-state index contributed by atoms with van der Waals surface area (Å²) in [6.07, 6.45) is 1.90. The smallest absolute Gasteiger partial charge is 0.271 e. The number of fused-ring (bicyclic) bond motifs is 1. The van der Waals surface area contributed by atoms with E-state index in [1.807, 2.05) is 0 Å². The Hall–Kier alpha value is -2.64. The van der Waals surface area contributed by atoms with Crippen molar-refractivity contribution in [2.75, 3.05) is 31.1 Å². The first-order valence-electron chi connectivity index (χ1n) is 7.95. The van der Waals surface area contributed by atoms with Crippen LogP contribution in [0.5, 0.6) is 5.75 Å². The van der Waals surface area contributed by atoms with Gasteiger partial charge < -0.3 is 9.64 Å². The van der Waals surface area contributed by atoms with E-state index in [1.54, 1.807) is 4.90 Å². The molecule has 24 heavy (non-hydrogen) atoms. The molecule has 8 heteroatoms. The topological polar surface area (TPSA) is 93.0 Å². The van der Waals surface area contributed by atoms with E-state index >= 15 is 0 Å². The average molecular weight is 333 g/mol. The van der Waals surface area contributed by atoms with Gasteiger partial charge in [0, 0.05) is 25.2 Å². The highest BCUT2D eigenvalue weighted by Gasteiger charge is 2.31. The number of piperidine rings is 1. The summed E-state index contributed by atoms with van der Waals surface area (Å²) < 4.78 is 5.30. The Kier molecular flexibility index (Phi) is 4.37. The normalized spacial score (nSPS) is 18.1. The fourth-order valence-electron chi connectivity index (χ4n) is 2.97. The molecule has 0 aliphatic carbocycles. The number of ether oxygens (including phenoxy) is 1. The van der Waals surface area contributed by atoms with Crippen LogP contribution in [-0.2, 0) is 9.59 Å². The molecular formula is C16H19N3O5. The van der Waals surface area contributed by atoms with Gasteiger partial charge in [0.25, 0.3) is 11.6 Å². The van der Waals surface area contributed by atoms with E-state index in [4.69, 9.17) is 4.74 Å². The highest BCUT2D eigenvalue weighted by molar-refractivity contribution is 6.02. The Morgan fingerprint density at radius 2 is 2.08 bits per heavy atom. The number of hydrogen-bond acceptors (Lipinski definition) is 5. The van der Waals surface area contributed by atoms with Crippen molar-refractivity contribution in [3.8, 4) is 5.75 Å². The van der Waals surface area contributed by atoms with Gasteiger partial charge in [0.1, 0.15) is 12.3 Å². The van der Waals surface area contributed by atoms with Gasteiger partial charge in [0.2, 0.25) is 5.91 Å². The highest BCUT2D eigenvalue weighted by atomic mass is 16.6. The quantitative estimate of drug-likeness (QED) is 0.618. The van der Waals surface area contributed by atoms with Crippen LogP contribution in [0.2, 0.25) is 0 Å². The number of nitro groups is 1. The zero-order chi connectivity index (χ0) is 17.3. The van der Waals surface area contributed by atoms with Crippen LogP contribution >= 0.6 is 0 Å². The van der Waals surface area contributed by atoms with Crippen LogP contribution in [0.25, 0.3) is 0 Å². The minimum Gasteiger partial charge on any atom is -0.482 e. The number of nitrogens with zero attached hydrogens (tertiary/aromatic N) is 3. The van der Waals surface area contributed by atoms with E-state index in [0.717, 1.165) is 12.8 Å². The molecule has 2 heterocycles. The number of nitro benzene ring substituents is 1. The first kappa shape index (κ1) is 16.2. The number of anilines is 1. The second-order valence-corrected chi connectivity index (χ2v) is 6.24. The van der Waals surface area contributed by atoms with E-state index in [1.165, 1.54) is 23.1 Å². The lowest BCUT2D eigenvalue weighted by molar-refractivity contribution is -0.384. The maximum absolute atomic E-state index is 12.5. The number of carbonyl (C=O) groups is 2. The minimum absolute atomic E-state index is 0.120. The number of amides is 2. The molecule has 2 amide bonds. The third-order valence-electron chi connectivity index (χ3n) is 4.53. The summed E-state index contributed by atoms with van der Waals surface area (Å²) in [5, 5.41) is 11.0. The molecular weight excluding hydrogens is 314 g/mol. The van der Waals surface area contributed by atoms with E-state index < -0.39 is 4.92 Å². The molecule has 1 aromatic rings. The molecule has 8 nitrogen and oxygen atoms in total. The van der Waals surface area contributed by atoms with Crippen molar-refractivity contribution in [1.82, 2.24) is 4.90 Å². The third-order valence-corrected chi connectivity index (χ3v) is 4.53. The summed E-state index contributed by atoms with van der Waals surface area (Å²) in [6.45, 7) is 3.23. The number of likely N-dealkylation sites (tertiary alicyclic amines) is 1. The van der Waals surface area contributed by atoms with Crippen LogP contribution in [0.4, 0.5) is 11.4 Å². The molecule has 0 N–H and O–H groups in total. The van der Waals surface area contributed by atoms with Gasteiger partial charge in [-0.15, -0.1) is 0 Å². The lowest BCUT2D eigenvalue weighted by Crippen LogP contribution is -2.48. The fraction of sp³-hybridized carbons (Fsp3) is 0.500. The van der Waals surface area contributed by atoms with Crippen LogP contribution in [-0.4, -0.2) is 47.9 Å². The first-order chi connectivity index (χ1) is 11.5. The van der Waals surface area contributed by atoms with Crippen molar-refractivity contribution >= 4 is 23.2 Å². The molecule has 1 fully saturated rings. The molecule has 0 radical (unpaired) electrons. The summed E-state index contributed by atoms with van der Waals surface area (Å²) in [5.74, 6) is 0.457. The van der Waals surface area contributed by atoms with E-state index in [9.17, 15) is 19.7 Å². The van der Waals surface area contributed by atoms with Gasteiger partial charge in [-0.1, -0.05) is 6.92 Å². The fourth-order valence-corrected chi connectivity index (χ4v) is 2.97. The van der Waals surface area contributed by atoms with Gasteiger partial charge in [-0.05, 0) is 24.8 Å². The molecule has 0 aromatic heterocycles. The molecule has 128 valence electrons. The van der Waals surface area contributed by atoms with Gasteiger partial charge in [-0.25, -0.2) is 0 Å². The van der Waals surface area contributed by atoms with Crippen LogP contribution in [0.3, 0.4) is 0 Å². The number of hydrogen-bond donors (Lipinski definition) is 0. The van der Waals surface area contributed by atoms with Gasteiger partial charge in [-0.3, -0.25) is 24.6 Å². The third kappa shape index (κ3) is 3.17. The Morgan fingerprint density at radius 3 is 2.75 bits per heavy atom.